The van der Waals surface area contributed by atoms with Gasteiger partial charge in [0.25, 0.3) is 5.69 Å². The van der Waals surface area contributed by atoms with Crippen molar-refractivity contribution in [1.29, 1.82) is 0 Å². The second-order valence-electron chi connectivity index (χ2n) is 7.22. The minimum atomic E-state index is -0.842. The predicted octanol–water partition coefficient (Wildman–Crippen LogP) is -0.153. The van der Waals surface area contributed by atoms with Gasteiger partial charge in [-0.05, 0) is 12.1 Å². The van der Waals surface area contributed by atoms with Crippen LogP contribution < -0.4 is 16.2 Å². The summed E-state index contributed by atoms with van der Waals surface area (Å²) in [4.78, 5) is 23.5. The highest BCUT2D eigenvalue weighted by molar-refractivity contribution is 5.77. The molecular weight excluding hydrogens is 434 g/mol. The van der Waals surface area contributed by atoms with Crippen LogP contribution in [0.5, 0.6) is 5.88 Å². The molecule has 0 aliphatic carbocycles. The third-order valence-electron chi connectivity index (χ3n) is 5.08. The Labute approximate surface area is 187 Å². The van der Waals surface area contributed by atoms with Crippen molar-refractivity contribution in [2.24, 2.45) is 5.73 Å². The van der Waals surface area contributed by atoms with Crippen molar-refractivity contribution in [1.82, 2.24) is 19.5 Å². The molecule has 3 aromatic rings. The van der Waals surface area contributed by atoms with Crippen molar-refractivity contribution < 1.29 is 24.6 Å². The minimum Gasteiger partial charge on any atom is -0.471 e. The van der Waals surface area contributed by atoms with Gasteiger partial charge >= 0.3 is 0 Å². The Morgan fingerprint density at radius 3 is 2.91 bits per heavy atom. The SMILES string of the molecule is NCC#Cc1ccc(COc2nc(N)nc3c2ncn3[C@H]2C[C@H](O)[C@@H](CO)O2)c([N+](=O)[O-])c1. The lowest BCUT2D eigenvalue weighted by Crippen LogP contribution is -2.24. The Hall–Kier alpha value is -3.83. The van der Waals surface area contributed by atoms with E-state index in [9.17, 15) is 20.3 Å². The number of aliphatic hydroxyl groups is 2. The van der Waals surface area contributed by atoms with E-state index in [1.807, 2.05) is 0 Å². The molecule has 0 amide bonds. The number of hydrogen-bond acceptors (Lipinski definition) is 11. The largest absolute Gasteiger partial charge is 0.471 e. The summed E-state index contributed by atoms with van der Waals surface area (Å²) in [6.45, 7) is -0.363. The second kappa shape index (κ2) is 9.35. The van der Waals surface area contributed by atoms with E-state index in [1.54, 1.807) is 16.7 Å². The van der Waals surface area contributed by atoms with Crippen molar-refractivity contribution in [3.63, 3.8) is 0 Å². The molecule has 0 saturated carbocycles. The summed E-state index contributed by atoms with van der Waals surface area (Å²) in [5.74, 6) is 5.35. The standard InChI is InChI=1S/C20H21N7O6/c21-5-1-2-11-3-4-12(13(6-11)27(30)31)9-32-19-17-18(24-20(22)25-19)26(10-23-17)16-7-14(29)15(8-28)33-16/h3-4,6,10,14-16,28-29H,5,7-9,21H2,(H2,22,24,25)/t14-,15+,16+/m0/s1. The number of nitro benzene ring substituents is 1. The number of ether oxygens (including phenoxy) is 2. The first-order chi connectivity index (χ1) is 15.9. The molecule has 13 heteroatoms. The molecule has 0 bridgehead atoms. The molecule has 1 saturated heterocycles. The van der Waals surface area contributed by atoms with E-state index in [0.717, 1.165) is 0 Å². The van der Waals surface area contributed by atoms with Crippen LogP contribution in [0.3, 0.4) is 0 Å². The Kier molecular flexibility index (Phi) is 6.33. The molecule has 172 valence electrons. The van der Waals surface area contributed by atoms with Gasteiger partial charge in [-0.15, -0.1) is 0 Å². The number of rotatable bonds is 6. The monoisotopic (exact) mass is 455 g/mol. The fraction of sp³-hybridized carbons (Fsp3) is 0.350. The van der Waals surface area contributed by atoms with Crippen LogP contribution in [0.1, 0.15) is 23.8 Å². The molecule has 2 aromatic heterocycles. The predicted molar refractivity (Wildman–Crippen MR) is 115 cm³/mol. The summed E-state index contributed by atoms with van der Waals surface area (Å²) in [6.07, 6.45) is -0.517. The van der Waals surface area contributed by atoms with Crippen LogP contribution in [0.25, 0.3) is 11.2 Å². The number of hydrogen-bond donors (Lipinski definition) is 4. The molecule has 13 nitrogen and oxygen atoms in total. The topological polar surface area (TPSA) is 198 Å². The summed E-state index contributed by atoms with van der Waals surface area (Å²) in [5, 5.41) is 30.9. The Morgan fingerprint density at radius 1 is 1.39 bits per heavy atom. The lowest BCUT2D eigenvalue weighted by Gasteiger charge is -2.14. The van der Waals surface area contributed by atoms with Gasteiger partial charge in [-0.3, -0.25) is 14.7 Å². The number of imidazole rings is 1. The van der Waals surface area contributed by atoms with Gasteiger partial charge in [0.2, 0.25) is 11.8 Å². The molecule has 4 rings (SSSR count). The Bertz CT molecular complexity index is 1250. The number of nitrogen functional groups attached to an aromatic ring is 1. The molecule has 1 aromatic carbocycles. The van der Waals surface area contributed by atoms with Gasteiger partial charge in [0, 0.05) is 18.1 Å². The van der Waals surface area contributed by atoms with Crippen LogP contribution in [-0.2, 0) is 11.3 Å². The van der Waals surface area contributed by atoms with E-state index in [2.05, 4.69) is 26.8 Å². The number of nitrogens with zero attached hydrogens (tertiary/aromatic N) is 5. The van der Waals surface area contributed by atoms with Crippen molar-refractivity contribution in [3.8, 4) is 17.7 Å². The van der Waals surface area contributed by atoms with Gasteiger partial charge < -0.3 is 31.2 Å². The van der Waals surface area contributed by atoms with Crippen molar-refractivity contribution >= 4 is 22.8 Å². The molecule has 1 fully saturated rings. The lowest BCUT2D eigenvalue weighted by atomic mass is 10.1. The van der Waals surface area contributed by atoms with E-state index < -0.39 is 23.4 Å². The average molecular weight is 455 g/mol. The zero-order chi connectivity index (χ0) is 23.5. The van der Waals surface area contributed by atoms with E-state index in [-0.39, 0.29) is 49.2 Å². The van der Waals surface area contributed by atoms with Crippen LogP contribution in [-0.4, -0.2) is 60.0 Å². The summed E-state index contributed by atoms with van der Waals surface area (Å²) in [6, 6.07) is 4.52. The van der Waals surface area contributed by atoms with Crippen LogP contribution in [0.2, 0.25) is 0 Å². The van der Waals surface area contributed by atoms with E-state index in [0.29, 0.717) is 16.8 Å². The Balaban J connectivity index is 1.61. The third-order valence-corrected chi connectivity index (χ3v) is 5.08. The van der Waals surface area contributed by atoms with E-state index in [4.69, 9.17) is 20.9 Å². The highest BCUT2D eigenvalue weighted by Crippen LogP contribution is 2.33. The first kappa shape index (κ1) is 22.4. The molecule has 3 heterocycles. The molecule has 3 atom stereocenters. The lowest BCUT2D eigenvalue weighted by molar-refractivity contribution is -0.385. The summed E-state index contributed by atoms with van der Waals surface area (Å²) in [5.41, 5.74) is 12.4. The fourth-order valence-corrected chi connectivity index (χ4v) is 3.50. The van der Waals surface area contributed by atoms with Crippen LogP contribution >= 0.6 is 0 Å². The highest BCUT2D eigenvalue weighted by atomic mass is 16.6. The fourth-order valence-electron chi connectivity index (χ4n) is 3.50. The number of nitro groups is 1. The number of aromatic nitrogens is 4. The van der Waals surface area contributed by atoms with Crippen LogP contribution in [0.15, 0.2) is 24.5 Å². The van der Waals surface area contributed by atoms with E-state index in [1.165, 1.54) is 12.4 Å². The van der Waals surface area contributed by atoms with Crippen LogP contribution in [0, 0.1) is 22.0 Å². The number of anilines is 1. The zero-order valence-electron chi connectivity index (χ0n) is 17.3. The molecule has 0 radical (unpaired) electrons. The van der Waals surface area contributed by atoms with E-state index >= 15 is 0 Å². The molecule has 1 aliphatic rings. The molecule has 6 N–H and O–H groups in total. The smallest absolute Gasteiger partial charge is 0.277 e. The minimum absolute atomic E-state index is 0.0369. The molecule has 0 spiro atoms. The van der Waals surface area contributed by atoms with Gasteiger partial charge in [0.15, 0.2) is 11.2 Å². The van der Waals surface area contributed by atoms with Crippen molar-refractivity contribution in [2.45, 2.75) is 31.5 Å². The first-order valence-electron chi connectivity index (χ1n) is 9.94. The van der Waals surface area contributed by atoms with Gasteiger partial charge in [-0.25, -0.2) is 4.98 Å². The summed E-state index contributed by atoms with van der Waals surface area (Å²) in [7, 11) is 0. The van der Waals surface area contributed by atoms with Gasteiger partial charge in [0.05, 0.1) is 36.1 Å². The maximum atomic E-state index is 11.5. The highest BCUT2D eigenvalue weighted by Gasteiger charge is 2.35. The second-order valence-corrected chi connectivity index (χ2v) is 7.22. The average Bonchev–Trinajstić information content (AvgIpc) is 3.38. The normalized spacial score (nSPS) is 19.9. The number of nitrogens with two attached hydrogens (primary N) is 2. The number of benzene rings is 1. The number of fused-ring (bicyclic) bond motifs is 1. The van der Waals surface area contributed by atoms with Gasteiger partial charge in [-0.2, -0.15) is 9.97 Å². The quantitative estimate of drug-likeness (QED) is 0.219. The molecule has 33 heavy (non-hydrogen) atoms. The zero-order valence-corrected chi connectivity index (χ0v) is 17.3. The Morgan fingerprint density at radius 2 is 2.21 bits per heavy atom. The molecule has 1 aliphatic heterocycles. The van der Waals surface area contributed by atoms with Gasteiger partial charge in [-0.1, -0.05) is 11.8 Å². The van der Waals surface area contributed by atoms with Crippen LogP contribution in [0.4, 0.5) is 11.6 Å². The maximum Gasteiger partial charge on any atom is 0.277 e. The van der Waals surface area contributed by atoms with Crippen molar-refractivity contribution in [2.75, 3.05) is 18.9 Å². The first-order valence-corrected chi connectivity index (χ1v) is 9.94. The maximum absolute atomic E-state index is 11.5. The van der Waals surface area contributed by atoms with Crippen molar-refractivity contribution in [3.05, 3.63) is 45.8 Å². The molecular formula is C20H21N7O6. The third kappa shape index (κ3) is 4.54. The molecule has 0 unspecified atom stereocenters. The summed E-state index contributed by atoms with van der Waals surface area (Å²) < 4.78 is 13.0. The number of aliphatic hydroxyl groups excluding tert-OH is 2. The van der Waals surface area contributed by atoms with Gasteiger partial charge in [0.1, 0.15) is 18.9 Å². The summed E-state index contributed by atoms with van der Waals surface area (Å²) >= 11 is 0.